The molecular formula is C20H28N3O+. The number of hydrogen-bond acceptors (Lipinski definition) is 1. The molecule has 0 saturated carbocycles. The van der Waals surface area contributed by atoms with Crippen LogP contribution in [0.25, 0.3) is 0 Å². The van der Waals surface area contributed by atoms with Crippen molar-refractivity contribution in [3.8, 4) is 0 Å². The first-order valence-electron chi connectivity index (χ1n) is 8.71. The van der Waals surface area contributed by atoms with Crippen LogP contribution in [0, 0.1) is 6.92 Å². The highest BCUT2D eigenvalue weighted by molar-refractivity contribution is 5.78. The minimum absolute atomic E-state index is 0.0100. The summed E-state index contributed by atoms with van der Waals surface area (Å²) in [4.78, 5) is 15.0. The molecule has 2 N–H and O–H groups in total. The van der Waals surface area contributed by atoms with Gasteiger partial charge in [0.2, 0.25) is 0 Å². The number of amides is 1. The Kier molecular flexibility index (Phi) is 4.50. The molecule has 0 radical (unpaired) electrons. The monoisotopic (exact) mass is 326 g/mol. The molecule has 1 amide bonds. The molecule has 0 saturated heterocycles. The predicted molar refractivity (Wildman–Crippen MR) is 95.7 cm³/mol. The lowest BCUT2D eigenvalue weighted by molar-refractivity contribution is -0.707. The molecule has 4 nitrogen and oxygen atoms in total. The second-order valence-corrected chi connectivity index (χ2v) is 7.75. The summed E-state index contributed by atoms with van der Waals surface area (Å²) in [5, 5.41) is 2.12. The van der Waals surface area contributed by atoms with E-state index in [9.17, 15) is 4.79 Å². The topological polar surface area (TPSA) is 41.9 Å². The Balaban J connectivity index is 1.94. The van der Waals surface area contributed by atoms with Gasteiger partial charge in [0.15, 0.2) is 6.54 Å². The van der Waals surface area contributed by atoms with Gasteiger partial charge in [0.1, 0.15) is 0 Å². The van der Waals surface area contributed by atoms with Gasteiger partial charge in [0.25, 0.3) is 5.91 Å². The number of rotatable bonds is 3. The molecule has 0 fully saturated rings. The molecule has 4 heteroatoms. The zero-order valence-electron chi connectivity index (χ0n) is 15.1. The Morgan fingerprint density at radius 1 is 1.17 bits per heavy atom. The van der Waals surface area contributed by atoms with Gasteiger partial charge in [-0.05, 0) is 51.0 Å². The van der Waals surface area contributed by atoms with Crippen LogP contribution in [0.1, 0.15) is 43.6 Å². The summed E-state index contributed by atoms with van der Waals surface area (Å²) in [6.45, 7) is 10.7. The fraction of sp³-hybridized carbons (Fsp3) is 0.450. The summed E-state index contributed by atoms with van der Waals surface area (Å²) in [6.07, 6.45) is 2.11. The van der Waals surface area contributed by atoms with Gasteiger partial charge in [-0.3, -0.25) is 4.79 Å². The molecule has 3 rings (SSSR count). The van der Waals surface area contributed by atoms with Gasteiger partial charge < -0.3 is 14.8 Å². The van der Waals surface area contributed by atoms with Gasteiger partial charge in [-0.1, -0.05) is 24.3 Å². The van der Waals surface area contributed by atoms with Crippen LogP contribution in [0.4, 0.5) is 0 Å². The molecular weight excluding hydrogens is 298 g/mol. The second-order valence-electron chi connectivity index (χ2n) is 7.75. The van der Waals surface area contributed by atoms with Crippen LogP contribution in [0.15, 0.2) is 42.6 Å². The standard InChI is InChI=1S/C20H27N3O/c1-15-8-5-6-9-16(15)19-17-10-7-11-22(17)12-13-23(19)18(24)14-21-20(2,3)4/h5-11,19,21H,12-14H2,1-4H3/p+1/t19-/m1/s1. The van der Waals surface area contributed by atoms with E-state index in [-0.39, 0.29) is 17.5 Å². The van der Waals surface area contributed by atoms with Crippen molar-refractivity contribution < 1.29 is 10.1 Å². The molecule has 0 spiro atoms. The van der Waals surface area contributed by atoms with E-state index in [1.54, 1.807) is 0 Å². The molecule has 1 aliphatic rings. The van der Waals surface area contributed by atoms with E-state index in [0.29, 0.717) is 6.54 Å². The third kappa shape index (κ3) is 3.39. The Hall–Kier alpha value is -2.07. The Bertz CT molecular complexity index is 726. The molecule has 1 atom stereocenters. The zero-order valence-corrected chi connectivity index (χ0v) is 15.1. The third-order valence-electron chi connectivity index (χ3n) is 4.73. The summed E-state index contributed by atoms with van der Waals surface area (Å²) in [5.41, 5.74) is 3.72. The van der Waals surface area contributed by atoms with Gasteiger partial charge in [-0.2, -0.15) is 0 Å². The molecule has 0 bridgehead atoms. The number of nitrogens with zero attached hydrogens (tertiary/aromatic N) is 2. The van der Waals surface area contributed by atoms with Crippen molar-refractivity contribution in [2.24, 2.45) is 0 Å². The largest absolute Gasteiger partial charge is 0.348 e. The Labute approximate surface area is 144 Å². The fourth-order valence-corrected chi connectivity index (χ4v) is 3.38. The van der Waals surface area contributed by atoms with Crippen LogP contribution in [0.5, 0.6) is 0 Å². The molecule has 2 heterocycles. The highest BCUT2D eigenvalue weighted by atomic mass is 16.2. The van der Waals surface area contributed by atoms with Crippen LogP contribution in [0.2, 0.25) is 0 Å². The summed E-state index contributed by atoms with van der Waals surface area (Å²) in [7, 11) is 0. The van der Waals surface area contributed by atoms with Crippen LogP contribution in [-0.4, -0.2) is 34.0 Å². The normalized spacial score (nSPS) is 17.7. The van der Waals surface area contributed by atoms with Gasteiger partial charge in [-0.15, -0.1) is 0 Å². The van der Waals surface area contributed by atoms with Gasteiger partial charge in [0, 0.05) is 25.0 Å². The number of aromatic nitrogens is 1. The van der Waals surface area contributed by atoms with Gasteiger partial charge in [0.05, 0.1) is 11.6 Å². The molecule has 1 aliphatic heterocycles. The molecule has 1 aromatic carbocycles. The third-order valence-corrected chi connectivity index (χ3v) is 4.73. The van der Waals surface area contributed by atoms with Crippen molar-refractivity contribution >= 4 is 5.91 Å². The number of benzene rings is 1. The van der Waals surface area contributed by atoms with E-state index in [0.717, 1.165) is 13.1 Å². The SMILES string of the molecule is Cc1ccccc1[C@@H]1c2cccn2CCN1C(=O)C[NH2+]C(C)(C)C. The molecule has 128 valence electrons. The quantitative estimate of drug-likeness (QED) is 0.922. The summed E-state index contributed by atoms with van der Waals surface area (Å²) in [5.74, 6) is 0.214. The minimum atomic E-state index is 0.0100. The second kappa shape index (κ2) is 6.44. The lowest BCUT2D eigenvalue weighted by Gasteiger charge is -2.38. The highest BCUT2D eigenvalue weighted by Gasteiger charge is 2.33. The summed E-state index contributed by atoms with van der Waals surface area (Å²) in [6, 6.07) is 12.6. The first-order chi connectivity index (χ1) is 11.4. The smallest absolute Gasteiger partial charge is 0.278 e. The predicted octanol–water partition coefficient (Wildman–Crippen LogP) is 2.09. The van der Waals surface area contributed by atoms with Crippen molar-refractivity contribution in [2.75, 3.05) is 13.1 Å². The maximum atomic E-state index is 13.0. The van der Waals surface area contributed by atoms with Crippen molar-refractivity contribution in [1.29, 1.82) is 0 Å². The number of hydrogen-bond donors (Lipinski definition) is 1. The van der Waals surface area contributed by atoms with E-state index >= 15 is 0 Å². The highest BCUT2D eigenvalue weighted by Crippen LogP contribution is 2.33. The number of aryl methyl sites for hydroxylation is 1. The van der Waals surface area contributed by atoms with E-state index in [4.69, 9.17) is 0 Å². The van der Waals surface area contributed by atoms with Crippen molar-refractivity contribution in [2.45, 2.75) is 45.8 Å². The minimum Gasteiger partial charge on any atom is -0.348 e. The first-order valence-corrected chi connectivity index (χ1v) is 8.71. The van der Waals surface area contributed by atoms with Crippen LogP contribution < -0.4 is 5.32 Å². The van der Waals surface area contributed by atoms with Crippen LogP contribution >= 0.6 is 0 Å². The number of fused-ring (bicyclic) bond motifs is 1. The zero-order chi connectivity index (χ0) is 17.3. The fourth-order valence-electron chi connectivity index (χ4n) is 3.38. The van der Waals surface area contributed by atoms with Crippen molar-refractivity contribution in [3.63, 3.8) is 0 Å². The number of carbonyl (C=O) groups excluding carboxylic acids is 1. The van der Waals surface area contributed by atoms with Crippen molar-refractivity contribution in [3.05, 3.63) is 59.4 Å². The Morgan fingerprint density at radius 3 is 2.62 bits per heavy atom. The average molecular weight is 326 g/mol. The lowest BCUT2D eigenvalue weighted by Crippen LogP contribution is -2.96. The summed E-state index contributed by atoms with van der Waals surface area (Å²) >= 11 is 0. The Morgan fingerprint density at radius 2 is 1.92 bits per heavy atom. The first kappa shape index (κ1) is 16.8. The number of carbonyl (C=O) groups is 1. The number of nitrogens with two attached hydrogens (primary N) is 1. The molecule has 24 heavy (non-hydrogen) atoms. The molecule has 2 aromatic rings. The van der Waals surface area contributed by atoms with Gasteiger partial charge >= 0.3 is 0 Å². The van der Waals surface area contributed by atoms with E-state index in [1.165, 1.54) is 16.8 Å². The van der Waals surface area contributed by atoms with Crippen LogP contribution in [0.3, 0.4) is 0 Å². The maximum Gasteiger partial charge on any atom is 0.278 e. The number of quaternary nitrogens is 1. The molecule has 0 aliphatic carbocycles. The van der Waals surface area contributed by atoms with Crippen LogP contribution in [-0.2, 0) is 11.3 Å². The van der Waals surface area contributed by atoms with E-state index in [2.05, 4.69) is 85.1 Å². The summed E-state index contributed by atoms with van der Waals surface area (Å²) < 4.78 is 2.27. The lowest BCUT2D eigenvalue weighted by atomic mass is 9.95. The maximum absolute atomic E-state index is 13.0. The van der Waals surface area contributed by atoms with Gasteiger partial charge in [-0.25, -0.2) is 0 Å². The molecule has 0 unspecified atom stereocenters. The average Bonchev–Trinajstić information content (AvgIpc) is 3.00. The van der Waals surface area contributed by atoms with E-state index < -0.39 is 0 Å². The van der Waals surface area contributed by atoms with E-state index in [1.807, 2.05) is 0 Å². The molecule has 1 aromatic heterocycles. The van der Waals surface area contributed by atoms with Crippen molar-refractivity contribution in [1.82, 2.24) is 9.47 Å².